The summed E-state index contributed by atoms with van der Waals surface area (Å²) >= 11 is 0. The van der Waals surface area contributed by atoms with Crippen LogP contribution in [0.25, 0.3) is 0 Å². The van der Waals surface area contributed by atoms with Crippen molar-refractivity contribution in [1.29, 1.82) is 0 Å². The molecule has 0 aromatic heterocycles. The van der Waals surface area contributed by atoms with Crippen LogP contribution in [-0.4, -0.2) is 29.1 Å². The summed E-state index contributed by atoms with van der Waals surface area (Å²) in [4.78, 5) is 23.6. The maximum absolute atomic E-state index is 11.9. The topological polar surface area (TPSA) is 63.6 Å². The highest BCUT2D eigenvalue weighted by Gasteiger charge is 2.67. The molecule has 0 aromatic rings. The molecule has 0 radical (unpaired) electrons. The molecule has 2 fully saturated rings. The third kappa shape index (κ3) is 2.69. The van der Waals surface area contributed by atoms with E-state index in [1.165, 1.54) is 6.08 Å². The van der Waals surface area contributed by atoms with Gasteiger partial charge in [0.2, 0.25) is 0 Å². The van der Waals surface area contributed by atoms with E-state index in [-0.39, 0.29) is 17.7 Å². The number of carbonyl (C=O) groups is 2. The molecule has 0 spiro atoms. The van der Waals surface area contributed by atoms with Crippen molar-refractivity contribution >= 4 is 11.8 Å². The van der Waals surface area contributed by atoms with Gasteiger partial charge in [0.25, 0.3) is 0 Å². The minimum atomic E-state index is -1.12. The van der Waals surface area contributed by atoms with E-state index in [0.29, 0.717) is 24.5 Å². The van der Waals surface area contributed by atoms with Gasteiger partial charge in [0.15, 0.2) is 5.78 Å². The molecule has 23 heavy (non-hydrogen) atoms. The summed E-state index contributed by atoms with van der Waals surface area (Å²) in [6.07, 6.45) is 9.54. The van der Waals surface area contributed by atoms with Crippen molar-refractivity contribution in [2.24, 2.45) is 17.3 Å². The van der Waals surface area contributed by atoms with Crippen LogP contribution in [-0.2, 0) is 14.3 Å². The van der Waals surface area contributed by atoms with Crippen molar-refractivity contribution in [3.63, 3.8) is 0 Å². The lowest BCUT2D eigenvalue weighted by Gasteiger charge is -2.36. The molecule has 4 nitrogen and oxygen atoms in total. The fraction of sp³-hybridized carbons (Fsp3) is 0.579. The number of allylic oxidation sites excluding steroid dienone is 3. The van der Waals surface area contributed by atoms with Crippen LogP contribution in [0, 0.1) is 17.3 Å². The largest absolute Gasteiger partial charge is 0.463 e. The molecular formula is C19H24O4. The van der Waals surface area contributed by atoms with Gasteiger partial charge in [-0.15, -0.1) is 0 Å². The van der Waals surface area contributed by atoms with Crippen molar-refractivity contribution in [3.05, 3.63) is 35.5 Å². The van der Waals surface area contributed by atoms with Gasteiger partial charge in [-0.1, -0.05) is 13.0 Å². The lowest BCUT2D eigenvalue weighted by atomic mass is 9.73. The van der Waals surface area contributed by atoms with Gasteiger partial charge in [0, 0.05) is 17.4 Å². The van der Waals surface area contributed by atoms with E-state index >= 15 is 0 Å². The fourth-order valence-electron chi connectivity index (χ4n) is 3.65. The molecular weight excluding hydrogens is 292 g/mol. The minimum Gasteiger partial charge on any atom is -0.463 e. The van der Waals surface area contributed by atoms with Gasteiger partial charge in [-0.2, -0.15) is 0 Å². The van der Waals surface area contributed by atoms with Crippen molar-refractivity contribution < 1.29 is 19.4 Å². The fourth-order valence-corrected chi connectivity index (χ4v) is 3.65. The van der Waals surface area contributed by atoms with E-state index in [4.69, 9.17) is 4.74 Å². The molecule has 4 heteroatoms. The predicted octanol–water partition coefficient (Wildman–Crippen LogP) is 2.73. The summed E-state index contributed by atoms with van der Waals surface area (Å²) in [7, 11) is 0. The third-order valence-electron chi connectivity index (χ3n) is 5.55. The second-order valence-corrected chi connectivity index (χ2v) is 7.17. The smallest absolute Gasteiger partial charge is 0.331 e. The number of ether oxygens (including phenoxy) is 1. The normalized spacial score (nSPS) is 36.7. The van der Waals surface area contributed by atoms with Gasteiger partial charge in [-0.25, -0.2) is 4.79 Å². The molecule has 0 bridgehead atoms. The second kappa shape index (κ2) is 5.45. The Morgan fingerprint density at radius 3 is 2.78 bits per heavy atom. The maximum Gasteiger partial charge on any atom is 0.331 e. The predicted molar refractivity (Wildman–Crippen MR) is 86.5 cm³/mol. The van der Waals surface area contributed by atoms with Crippen LogP contribution in [0.5, 0.6) is 0 Å². The summed E-state index contributed by atoms with van der Waals surface area (Å²) in [5, 5.41) is 11.2. The highest BCUT2D eigenvalue weighted by Crippen LogP contribution is 2.64. The average Bonchev–Trinajstić information content (AvgIpc) is 3.37. The lowest BCUT2D eigenvalue weighted by Crippen LogP contribution is -2.42. The molecule has 3 aliphatic rings. The first-order chi connectivity index (χ1) is 10.8. The average molecular weight is 316 g/mol. The Bertz CT molecular complexity index is 638. The Labute approximate surface area is 136 Å². The molecule has 124 valence electrons. The van der Waals surface area contributed by atoms with Crippen molar-refractivity contribution in [2.75, 3.05) is 6.61 Å². The van der Waals surface area contributed by atoms with Gasteiger partial charge in [-0.05, 0) is 62.3 Å². The van der Waals surface area contributed by atoms with Gasteiger partial charge in [0.1, 0.15) is 5.60 Å². The molecule has 3 rings (SSSR count). The van der Waals surface area contributed by atoms with Crippen molar-refractivity contribution in [2.45, 2.75) is 45.6 Å². The van der Waals surface area contributed by atoms with Gasteiger partial charge >= 0.3 is 5.97 Å². The van der Waals surface area contributed by atoms with Crippen LogP contribution in [0.1, 0.15) is 40.0 Å². The molecule has 2 saturated carbocycles. The maximum atomic E-state index is 11.9. The molecule has 0 aliphatic heterocycles. The third-order valence-corrected chi connectivity index (χ3v) is 5.55. The number of carbonyl (C=O) groups excluding carboxylic acids is 2. The van der Waals surface area contributed by atoms with E-state index in [0.717, 1.165) is 18.4 Å². The van der Waals surface area contributed by atoms with E-state index in [1.54, 1.807) is 26.0 Å². The molecule has 3 atom stereocenters. The Morgan fingerprint density at radius 1 is 1.48 bits per heavy atom. The number of rotatable bonds is 5. The molecule has 3 aliphatic carbocycles. The zero-order chi connectivity index (χ0) is 16.8. The molecule has 0 amide bonds. The number of ketones is 1. The number of aliphatic hydroxyl groups is 1. The van der Waals surface area contributed by atoms with E-state index < -0.39 is 11.0 Å². The summed E-state index contributed by atoms with van der Waals surface area (Å²) in [5.41, 5.74) is 0.0512. The molecule has 1 N–H and O–H groups in total. The van der Waals surface area contributed by atoms with Crippen LogP contribution in [0.3, 0.4) is 0 Å². The molecule has 3 unspecified atom stereocenters. The number of hydrogen-bond donors (Lipinski definition) is 1. The van der Waals surface area contributed by atoms with E-state index in [9.17, 15) is 14.7 Å². The SMILES string of the molecule is CCOC(=O)C=C(C=CC1(O)C(C)=CC(=O)C2CC21C)C1CC1. The van der Waals surface area contributed by atoms with Crippen LogP contribution in [0.15, 0.2) is 35.5 Å². The quantitative estimate of drug-likeness (QED) is 0.481. The summed E-state index contributed by atoms with van der Waals surface area (Å²) in [6.45, 7) is 5.89. The second-order valence-electron chi connectivity index (χ2n) is 7.17. The molecule has 0 aromatic carbocycles. The first kappa shape index (κ1) is 16.2. The van der Waals surface area contributed by atoms with Gasteiger partial charge in [0.05, 0.1) is 6.61 Å². The number of fused-ring (bicyclic) bond motifs is 1. The number of esters is 1. The van der Waals surface area contributed by atoms with E-state index in [2.05, 4.69) is 0 Å². The standard InChI is InChI=1S/C19H24O4/c1-4-23-17(21)10-14(13-5-6-13)7-8-19(22)12(2)9-16(20)15-11-18(15,19)3/h7-10,13,15,22H,4-6,11H2,1-3H3. The zero-order valence-electron chi connectivity index (χ0n) is 14.0. The summed E-state index contributed by atoms with van der Waals surface area (Å²) in [5.74, 6) is 0.0658. The summed E-state index contributed by atoms with van der Waals surface area (Å²) < 4.78 is 4.98. The van der Waals surface area contributed by atoms with Crippen LogP contribution < -0.4 is 0 Å². The van der Waals surface area contributed by atoms with Crippen LogP contribution in [0.2, 0.25) is 0 Å². The van der Waals surface area contributed by atoms with Crippen LogP contribution in [0.4, 0.5) is 0 Å². The Morgan fingerprint density at radius 2 is 2.17 bits per heavy atom. The first-order valence-electron chi connectivity index (χ1n) is 8.34. The van der Waals surface area contributed by atoms with Crippen molar-refractivity contribution in [1.82, 2.24) is 0 Å². The first-order valence-corrected chi connectivity index (χ1v) is 8.34. The van der Waals surface area contributed by atoms with Crippen LogP contribution >= 0.6 is 0 Å². The Kier molecular flexibility index (Phi) is 3.83. The summed E-state index contributed by atoms with van der Waals surface area (Å²) in [6, 6.07) is 0. The van der Waals surface area contributed by atoms with Crippen molar-refractivity contribution in [3.8, 4) is 0 Å². The Balaban J connectivity index is 1.86. The monoisotopic (exact) mass is 316 g/mol. The lowest BCUT2D eigenvalue weighted by molar-refractivity contribution is -0.137. The van der Waals surface area contributed by atoms with Gasteiger partial charge in [-0.3, -0.25) is 4.79 Å². The zero-order valence-corrected chi connectivity index (χ0v) is 14.0. The number of hydrogen-bond acceptors (Lipinski definition) is 4. The van der Waals surface area contributed by atoms with Gasteiger partial charge < -0.3 is 9.84 Å². The molecule has 0 saturated heterocycles. The highest BCUT2D eigenvalue weighted by atomic mass is 16.5. The Hall–Kier alpha value is -1.68. The minimum absolute atomic E-state index is 0.0840. The van der Waals surface area contributed by atoms with E-state index in [1.807, 2.05) is 13.0 Å². The molecule has 0 heterocycles. The highest BCUT2D eigenvalue weighted by molar-refractivity contribution is 5.97.